The molecular weight excluding hydrogens is 420 g/mol. The maximum Gasteiger partial charge on any atom is 0.294 e. The van der Waals surface area contributed by atoms with Crippen molar-refractivity contribution in [2.45, 2.75) is 9.79 Å². The van der Waals surface area contributed by atoms with Crippen molar-refractivity contribution in [2.24, 2.45) is 4.99 Å². The molecule has 1 heterocycles. The number of amides is 1. The molecule has 0 saturated heterocycles. The highest BCUT2D eigenvalue weighted by molar-refractivity contribution is 7.85. The van der Waals surface area contributed by atoms with E-state index in [0.29, 0.717) is 16.4 Å². The third-order valence-electron chi connectivity index (χ3n) is 4.51. The Morgan fingerprint density at radius 1 is 0.900 bits per heavy atom. The molecule has 0 bridgehead atoms. The molecule has 3 aromatic rings. The first-order valence-corrected chi connectivity index (χ1v) is 10.8. The van der Waals surface area contributed by atoms with Gasteiger partial charge in [-0.25, -0.2) is 4.99 Å². The first kappa shape index (κ1) is 20.1. The number of carbonyl (C=O) groups excluding carboxylic acids is 1. The SMILES string of the molecule is O=C1/C(=C\c2ccccc2S)N=C(c2ccccc2)N1c1ccc(S(=O)(=O)O)cc1. The molecule has 1 aliphatic heterocycles. The van der Waals surface area contributed by atoms with Crippen molar-refractivity contribution >= 4 is 46.3 Å². The van der Waals surface area contributed by atoms with Gasteiger partial charge in [0.05, 0.1) is 10.6 Å². The standard InChI is InChI=1S/C22H16N2O4S2/c25-22-19(14-16-8-4-5-9-20(16)29)23-21(15-6-2-1-3-7-15)24(22)17-10-12-18(13-11-17)30(26,27)28/h1-14,29H,(H,26,27,28)/b19-14+. The van der Waals surface area contributed by atoms with E-state index >= 15 is 0 Å². The van der Waals surface area contributed by atoms with Crippen LogP contribution in [0.1, 0.15) is 11.1 Å². The number of aliphatic imine (C=N–C) groups is 1. The molecule has 8 heteroatoms. The minimum absolute atomic E-state index is 0.231. The predicted octanol–water partition coefficient (Wildman–Crippen LogP) is 4.06. The van der Waals surface area contributed by atoms with E-state index in [9.17, 15) is 17.8 Å². The number of hydrogen-bond donors (Lipinski definition) is 2. The maximum atomic E-state index is 13.2. The van der Waals surface area contributed by atoms with Gasteiger partial charge >= 0.3 is 0 Å². The number of amidine groups is 1. The summed E-state index contributed by atoms with van der Waals surface area (Å²) in [5, 5.41) is 0. The lowest BCUT2D eigenvalue weighted by Gasteiger charge is -2.18. The van der Waals surface area contributed by atoms with Crippen LogP contribution in [0.5, 0.6) is 0 Å². The van der Waals surface area contributed by atoms with Gasteiger partial charge in [0, 0.05) is 10.5 Å². The van der Waals surface area contributed by atoms with Gasteiger partial charge in [-0.2, -0.15) is 8.42 Å². The number of benzene rings is 3. The van der Waals surface area contributed by atoms with Crippen LogP contribution in [0.2, 0.25) is 0 Å². The number of rotatable bonds is 4. The normalized spacial score (nSPS) is 15.5. The molecule has 0 radical (unpaired) electrons. The van der Waals surface area contributed by atoms with Gasteiger partial charge in [0.1, 0.15) is 11.5 Å². The minimum atomic E-state index is -4.33. The van der Waals surface area contributed by atoms with Crippen molar-refractivity contribution < 1.29 is 17.8 Å². The molecule has 0 atom stereocenters. The molecule has 4 rings (SSSR count). The van der Waals surface area contributed by atoms with Crippen molar-refractivity contribution in [1.82, 2.24) is 0 Å². The van der Waals surface area contributed by atoms with E-state index in [1.807, 2.05) is 54.6 Å². The van der Waals surface area contributed by atoms with Gasteiger partial charge in [0.15, 0.2) is 0 Å². The quantitative estimate of drug-likeness (QED) is 0.367. The predicted molar refractivity (Wildman–Crippen MR) is 118 cm³/mol. The van der Waals surface area contributed by atoms with E-state index in [0.717, 1.165) is 11.1 Å². The molecule has 6 nitrogen and oxygen atoms in total. The van der Waals surface area contributed by atoms with E-state index in [2.05, 4.69) is 17.6 Å². The van der Waals surface area contributed by atoms with Crippen molar-refractivity contribution in [3.8, 4) is 0 Å². The summed E-state index contributed by atoms with van der Waals surface area (Å²) < 4.78 is 31.9. The van der Waals surface area contributed by atoms with Gasteiger partial charge in [-0.3, -0.25) is 14.2 Å². The number of nitrogens with zero attached hydrogens (tertiary/aromatic N) is 2. The van der Waals surface area contributed by atoms with E-state index < -0.39 is 10.1 Å². The van der Waals surface area contributed by atoms with Crippen LogP contribution in [-0.2, 0) is 14.9 Å². The number of thiol groups is 1. The van der Waals surface area contributed by atoms with Crippen LogP contribution in [0.25, 0.3) is 6.08 Å². The van der Waals surface area contributed by atoms with E-state index in [4.69, 9.17) is 0 Å². The molecule has 150 valence electrons. The Kier molecular flexibility index (Phi) is 5.29. The van der Waals surface area contributed by atoms with Crippen molar-refractivity contribution in [3.63, 3.8) is 0 Å². The van der Waals surface area contributed by atoms with Gasteiger partial charge in [-0.15, -0.1) is 12.6 Å². The van der Waals surface area contributed by atoms with E-state index in [1.165, 1.54) is 29.2 Å². The summed E-state index contributed by atoms with van der Waals surface area (Å²) in [7, 11) is -4.33. The van der Waals surface area contributed by atoms with Gasteiger partial charge in [-0.05, 0) is 42.0 Å². The molecule has 30 heavy (non-hydrogen) atoms. The summed E-state index contributed by atoms with van der Waals surface area (Å²) in [5.74, 6) is 0.0631. The second-order valence-corrected chi connectivity index (χ2v) is 8.40. The van der Waals surface area contributed by atoms with Crippen molar-refractivity contribution in [3.05, 3.63) is 95.7 Å². The van der Waals surface area contributed by atoms with E-state index in [1.54, 1.807) is 6.08 Å². The summed E-state index contributed by atoms with van der Waals surface area (Å²) in [6.07, 6.45) is 1.67. The van der Waals surface area contributed by atoms with Crippen LogP contribution < -0.4 is 4.90 Å². The molecule has 1 amide bonds. The summed E-state index contributed by atoms with van der Waals surface area (Å²) >= 11 is 4.42. The molecule has 0 spiro atoms. The van der Waals surface area contributed by atoms with Gasteiger partial charge in [0.25, 0.3) is 16.0 Å². The number of carbonyl (C=O) groups is 1. The smallest absolute Gasteiger partial charge is 0.282 e. The van der Waals surface area contributed by atoms with Crippen molar-refractivity contribution in [1.29, 1.82) is 0 Å². The second kappa shape index (κ2) is 7.91. The zero-order valence-corrected chi connectivity index (χ0v) is 17.2. The molecule has 3 aromatic carbocycles. The highest BCUT2D eigenvalue weighted by atomic mass is 32.2. The average Bonchev–Trinajstić information content (AvgIpc) is 3.06. The summed E-state index contributed by atoms with van der Waals surface area (Å²) in [4.78, 5) is 19.7. The fraction of sp³-hybridized carbons (Fsp3) is 0. The fourth-order valence-electron chi connectivity index (χ4n) is 3.06. The zero-order valence-electron chi connectivity index (χ0n) is 15.5. The average molecular weight is 437 g/mol. The van der Waals surface area contributed by atoms with E-state index in [-0.39, 0.29) is 16.5 Å². The second-order valence-electron chi connectivity index (χ2n) is 6.50. The third-order valence-corrected chi connectivity index (χ3v) is 5.79. The Morgan fingerprint density at radius 2 is 1.53 bits per heavy atom. The Hall–Kier alpha value is -3.20. The lowest BCUT2D eigenvalue weighted by Crippen LogP contribution is -2.32. The van der Waals surface area contributed by atoms with Crippen molar-refractivity contribution in [2.75, 3.05) is 4.90 Å². The highest BCUT2D eigenvalue weighted by Crippen LogP contribution is 2.29. The minimum Gasteiger partial charge on any atom is -0.282 e. The fourth-order valence-corrected chi connectivity index (χ4v) is 3.77. The molecule has 0 saturated carbocycles. The van der Waals surface area contributed by atoms with Crippen LogP contribution in [-0.4, -0.2) is 24.7 Å². The molecule has 0 fully saturated rings. The molecular formula is C22H16N2O4S2. The van der Waals surface area contributed by atoms with Crippen LogP contribution in [0.15, 0.2) is 99.3 Å². The third kappa shape index (κ3) is 3.93. The summed E-state index contributed by atoms with van der Waals surface area (Å²) in [5.41, 5.74) is 2.14. The number of hydrogen-bond acceptors (Lipinski definition) is 5. The summed E-state index contributed by atoms with van der Waals surface area (Å²) in [6.45, 7) is 0. The van der Waals surface area contributed by atoms with Crippen LogP contribution in [0, 0.1) is 0 Å². The number of anilines is 1. The molecule has 0 aliphatic carbocycles. The van der Waals surface area contributed by atoms with Gasteiger partial charge < -0.3 is 0 Å². The molecule has 0 aromatic heterocycles. The molecule has 1 N–H and O–H groups in total. The zero-order chi connectivity index (χ0) is 21.3. The largest absolute Gasteiger partial charge is 0.294 e. The first-order valence-electron chi connectivity index (χ1n) is 8.90. The topological polar surface area (TPSA) is 87.0 Å². The maximum absolute atomic E-state index is 13.2. The Morgan fingerprint density at radius 3 is 2.17 bits per heavy atom. The Labute approximate surface area is 179 Å². The highest BCUT2D eigenvalue weighted by Gasteiger charge is 2.32. The lowest BCUT2D eigenvalue weighted by molar-refractivity contribution is -0.113. The van der Waals surface area contributed by atoms with Crippen LogP contribution in [0.3, 0.4) is 0 Å². The monoisotopic (exact) mass is 436 g/mol. The summed E-state index contributed by atoms with van der Waals surface area (Å²) in [6, 6.07) is 22.0. The molecule has 1 aliphatic rings. The Bertz CT molecular complexity index is 1280. The lowest BCUT2D eigenvalue weighted by atomic mass is 10.1. The Balaban J connectivity index is 1.82. The molecule has 0 unspecified atom stereocenters. The van der Waals surface area contributed by atoms with Crippen LogP contribution >= 0.6 is 12.6 Å². The van der Waals surface area contributed by atoms with Gasteiger partial charge in [0.2, 0.25) is 0 Å². The first-order chi connectivity index (χ1) is 14.3. The van der Waals surface area contributed by atoms with Gasteiger partial charge in [-0.1, -0.05) is 48.5 Å². The van der Waals surface area contributed by atoms with Crippen LogP contribution in [0.4, 0.5) is 5.69 Å².